The number of halogens is 1. The number of nitrogens with zero attached hydrogens (tertiary/aromatic N) is 3. The maximum absolute atomic E-state index is 5.86. The van der Waals surface area contributed by atoms with Crippen molar-refractivity contribution in [1.29, 1.82) is 0 Å². The highest BCUT2D eigenvalue weighted by molar-refractivity contribution is 9.08. The fraction of sp³-hybridized carbons (Fsp3) is 0.467. The van der Waals surface area contributed by atoms with Crippen LogP contribution in [0.15, 0.2) is 24.5 Å². The second-order valence-electron chi connectivity index (χ2n) is 4.85. The number of alkyl halides is 1. The van der Waals surface area contributed by atoms with Crippen LogP contribution >= 0.6 is 15.9 Å². The molecule has 21 heavy (non-hydrogen) atoms. The quantitative estimate of drug-likeness (QED) is 0.711. The summed E-state index contributed by atoms with van der Waals surface area (Å²) in [4.78, 5) is 4.24. The smallest absolute Gasteiger partial charge is 0.165 e. The SMILES string of the molecule is CCOc1cc(CBr)ccc1OCc1ncnn1C(C)C. The Bertz CT molecular complexity index is 584. The summed E-state index contributed by atoms with van der Waals surface area (Å²) in [7, 11) is 0. The van der Waals surface area contributed by atoms with E-state index >= 15 is 0 Å². The van der Waals surface area contributed by atoms with Gasteiger partial charge in [-0.1, -0.05) is 22.0 Å². The van der Waals surface area contributed by atoms with Crippen LogP contribution in [0.3, 0.4) is 0 Å². The molecule has 0 atom stereocenters. The lowest BCUT2D eigenvalue weighted by atomic mass is 10.2. The number of hydrogen-bond donors (Lipinski definition) is 0. The molecule has 114 valence electrons. The molecule has 1 aromatic carbocycles. The highest BCUT2D eigenvalue weighted by Gasteiger charge is 2.11. The van der Waals surface area contributed by atoms with Gasteiger partial charge in [-0.2, -0.15) is 5.10 Å². The third-order valence-corrected chi connectivity index (χ3v) is 3.60. The molecule has 0 saturated heterocycles. The summed E-state index contributed by atoms with van der Waals surface area (Å²) in [6.07, 6.45) is 1.55. The fourth-order valence-electron chi connectivity index (χ4n) is 1.97. The van der Waals surface area contributed by atoms with Crippen molar-refractivity contribution >= 4 is 15.9 Å². The van der Waals surface area contributed by atoms with Crippen molar-refractivity contribution in [3.05, 3.63) is 35.9 Å². The zero-order chi connectivity index (χ0) is 15.2. The molecule has 0 fully saturated rings. The third kappa shape index (κ3) is 3.97. The molecule has 0 unspecified atom stereocenters. The molecule has 0 aliphatic carbocycles. The van der Waals surface area contributed by atoms with E-state index < -0.39 is 0 Å². The predicted octanol–water partition coefficient (Wildman–Crippen LogP) is 3.73. The van der Waals surface area contributed by atoms with Gasteiger partial charge in [-0.05, 0) is 38.5 Å². The van der Waals surface area contributed by atoms with Gasteiger partial charge in [-0.15, -0.1) is 0 Å². The molecular weight excluding hydrogens is 334 g/mol. The minimum absolute atomic E-state index is 0.258. The van der Waals surface area contributed by atoms with Crippen LogP contribution in [0.25, 0.3) is 0 Å². The summed E-state index contributed by atoms with van der Waals surface area (Å²) >= 11 is 3.45. The minimum Gasteiger partial charge on any atom is -0.490 e. The fourth-order valence-corrected chi connectivity index (χ4v) is 2.32. The number of hydrogen-bond acceptors (Lipinski definition) is 4. The predicted molar refractivity (Wildman–Crippen MR) is 85.0 cm³/mol. The maximum Gasteiger partial charge on any atom is 0.165 e. The van der Waals surface area contributed by atoms with Crippen molar-refractivity contribution in [2.24, 2.45) is 0 Å². The van der Waals surface area contributed by atoms with Crippen LogP contribution < -0.4 is 9.47 Å². The summed E-state index contributed by atoms with van der Waals surface area (Å²) < 4.78 is 13.4. The van der Waals surface area contributed by atoms with Gasteiger partial charge in [0, 0.05) is 11.4 Å². The van der Waals surface area contributed by atoms with Crippen LogP contribution in [-0.2, 0) is 11.9 Å². The molecule has 2 aromatic rings. The largest absolute Gasteiger partial charge is 0.490 e. The minimum atomic E-state index is 0.258. The lowest BCUT2D eigenvalue weighted by Crippen LogP contribution is -2.11. The highest BCUT2D eigenvalue weighted by Crippen LogP contribution is 2.30. The molecule has 1 heterocycles. The monoisotopic (exact) mass is 353 g/mol. The Morgan fingerprint density at radius 3 is 2.71 bits per heavy atom. The average Bonchev–Trinajstić information content (AvgIpc) is 2.95. The Kier molecular flexibility index (Phi) is 5.61. The molecule has 0 saturated carbocycles. The van der Waals surface area contributed by atoms with Crippen molar-refractivity contribution in [1.82, 2.24) is 14.8 Å². The van der Waals surface area contributed by atoms with E-state index in [9.17, 15) is 0 Å². The molecule has 5 nitrogen and oxygen atoms in total. The summed E-state index contributed by atoms with van der Waals surface area (Å²) in [5.74, 6) is 2.28. The Morgan fingerprint density at radius 1 is 1.24 bits per heavy atom. The number of rotatable bonds is 7. The Balaban J connectivity index is 2.13. The lowest BCUT2D eigenvalue weighted by Gasteiger charge is -2.14. The zero-order valence-electron chi connectivity index (χ0n) is 12.5. The normalized spacial score (nSPS) is 10.9. The number of aromatic nitrogens is 3. The van der Waals surface area contributed by atoms with Crippen LogP contribution in [0, 0.1) is 0 Å². The highest BCUT2D eigenvalue weighted by atomic mass is 79.9. The number of benzene rings is 1. The molecule has 1 aromatic heterocycles. The summed E-state index contributed by atoms with van der Waals surface area (Å²) in [5.41, 5.74) is 1.15. The average molecular weight is 354 g/mol. The topological polar surface area (TPSA) is 49.2 Å². The van der Waals surface area contributed by atoms with Crippen LogP contribution in [0.5, 0.6) is 11.5 Å². The summed E-state index contributed by atoms with van der Waals surface area (Å²) in [5, 5.41) is 4.99. The molecule has 0 N–H and O–H groups in total. The third-order valence-electron chi connectivity index (χ3n) is 2.96. The lowest BCUT2D eigenvalue weighted by molar-refractivity contribution is 0.255. The first kappa shape index (κ1) is 15.8. The molecule has 2 rings (SSSR count). The van der Waals surface area contributed by atoms with Gasteiger partial charge < -0.3 is 9.47 Å². The first-order valence-electron chi connectivity index (χ1n) is 6.98. The van der Waals surface area contributed by atoms with Crippen molar-refractivity contribution in [2.45, 2.75) is 38.8 Å². The van der Waals surface area contributed by atoms with E-state index in [1.165, 1.54) is 0 Å². The molecule has 0 spiro atoms. The maximum atomic E-state index is 5.86. The van der Waals surface area contributed by atoms with Gasteiger partial charge in [0.05, 0.1) is 6.61 Å². The molecular formula is C15H20BrN3O2. The first-order valence-corrected chi connectivity index (χ1v) is 8.10. The van der Waals surface area contributed by atoms with E-state index in [-0.39, 0.29) is 6.04 Å². The van der Waals surface area contributed by atoms with Gasteiger partial charge in [0.1, 0.15) is 12.9 Å². The van der Waals surface area contributed by atoms with E-state index in [0.717, 1.165) is 28.2 Å². The standard InChI is InChI=1S/C15H20BrN3O2/c1-4-20-14-7-12(8-16)5-6-13(14)21-9-15-17-10-18-19(15)11(2)3/h5-7,10-11H,4,8-9H2,1-3H3. The van der Waals surface area contributed by atoms with Gasteiger partial charge in [0.25, 0.3) is 0 Å². The molecule has 0 aliphatic rings. The van der Waals surface area contributed by atoms with Crippen molar-refractivity contribution in [3.63, 3.8) is 0 Å². The molecule has 0 amide bonds. The summed E-state index contributed by atoms with van der Waals surface area (Å²) in [6, 6.07) is 6.19. The Morgan fingerprint density at radius 2 is 2.05 bits per heavy atom. The zero-order valence-corrected chi connectivity index (χ0v) is 14.1. The van der Waals surface area contributed by atoms with Crippen molar-refractivity contribution < 1.29 is 9.47 Å². The molecule has 0 radical (unpaired) electrons. The van der Waals surface area contributed by atoms with E-state index in [2.05, 4.69) is 39.9 Å². The van der Waals surface area contributed by atoms with E-state index in [0.29, 0.717) is 13.2 Å². The van der Waals surface area contributed by atoms with Gasteiger partial charge >= 0.3 is 0 Å². The van der Waals surface area contributed by atoms with Gasteiger partial charge in [-0.3, -0.25) is 0 Å². The molecule has 0 bridgehead atoms. The van der Waals surface area contributed by atoms with E-state index in [1.54, 1.807) is 6.33 Å². The Hall–Kier alpha value is -1.56. The first-order chi connectivity index (χ1) is 10.2. The van der Waals surface area contributed by atoms with Crippen LogP contribution in [0.1, 0.15) is 38.2 Å². The number of ether oxygens (including phenoxy) is 2. The summed E-state index contributed by atoms with van der Waals surface area (Å²) in [6.45, 7) is 7.05. The van der Waals surface area contributed by atoms with Crippen LogP contribution in [0.4, 0.5) is 0 Å². The Labute approximate surface area is 133 Å². The van der Waals surface area contributed by atoms with Crippen molar-refractivity contribution in [3.8, 4) is 11.5 Å². The van der Waals surface area contributed by atoms with Gasteiger partial charge in [-0.25, -0.2) is 9.67 Å². The second kappa shape index (κ2) is 7.45. The van der Waals surface area contributed by atoms with Gasteiger partial charge in [0.15, 0.2) is 17.3 Å². The molecule has 0 aliphatic heterocycles. The van der Waals surface area contributed by atoms with Crippen LogP contribution in [-0.4, -0.2) is 21.4 Å². The van der Waals surface area contributed by atoms with E-state index in [4.69, 9.17) is 9.47 Å². The van der Waals surface area contributed by atoms with Gasteiger partial charge in [0.2, 0.25) is 0 Å². The van der Waals surface area contributed by atoms with Crippen LogP contribution in [0.2, 0.25) is 0 Å². The van der Waals surface area contributed by atoms with Crippen molar-refractivity contribution in [2.75, 3.05) is 6.61 Å². The second-order valence-corrected chi connectivity index (χ2v) is 5.41. The molecule has 6 heteroatoms. The van der Waals surface area contributed by atoms with E-state index in [1.807, 2.05) is 29.8 Å².